The average molecular weight is 723 g/mol. The Kier molecular flexibility index (Phi) is 9.62. The molecule has 4 aliphatic heterocycles. The highest BCUT2D eigenvalue weighted by Gasteiger charge is 2.69. The molecule has 4 aliphatic carbocycles. The molecule has 290 valence electrons. The maximum Gasteiger partial charge on any atom is 0.187 e. The van der Waals surface area contributed by atoms with Gasteiger partial charge in [0, 0.05) is 24.2 Å². The van der Waals surface area contributed by atoms with Crippen LogP contribution in [0, 0.1) is 46.3 Å². The molecular formula is C39H62O12. The van der Waals surface area contributed by atoms with Crippen molar-refractivity contribution in [1.29, 1.82) is 0 Å². The predicted octanol–water partition coefficient (Wildman–Crippen LogP) is 2.39. The van der Waals surface area contributed by atoms with Gasteiger partial charge in [-0.25, -0.2) is 0 Å². The van der Waals surface area contributed by atoms with Gasteiger partial charge in [-0.05, 0) is 87.4 Å². The van der Waals surface area contributed by atoms with E-state index in [9.17, 15) is 30.6 Å². The van der Waals surface area contributed by atoms with E-state index < -0.39 is 84.8 Å². The van der Waals surface area contributed by atoms with E-state index in [1.54, 1.807) is 13.8 Å². The van der Waals surface area contributed by atoms with Gasteiger partial charge in [0.25, 0.3) is 0 Å². The first-order chi connectivity index (χ1) is 24.1. The molecule has 0 bridgehead atoms. The van der Waals surface area contributed by atoms with E-state index in [-0.39, 0.29) is 11.5 Å². The molecule has 51 heavy (non-hydrogen) atoms. The molecule has 14 unspecified atom stereocenters. The van der Waals surface area contributed by atoms with E-state index in [1.807, 2.05) is 0 Å². The third-order valence-electron chi connectivity index (χ3n) is 15.6. The average Bonchev–Trinajstić information content (AvgIpc) is 3.54. The number of allylic oxidation sites excluding steroid dienone is 1. The highest BCUT2D eigenvalue weighted by atomic mass is 16.8. The predicted molar refractivity (Wildman–Crippen MR) is 182 cm³/mol. The first-order valence-electron chi connectivity index (χ1n) is 19.8. The summed E-state index contributed by atoms with van der Waals surface area (Å²) in [5.41, 5.74) is 0.900. The van der Waals surface area contributed by atoms with Gasteiger partial charge in [0.05, 0.1) is 37.1 Å². The fourth-order valence-electron chi connectivity index (χ4n) is 12.6. The molecule has 0 amide bonds. The van der Waals surface area contributed by atoms with Crippen molar-refractivity contribution in [3.05, 3.63) is 11.6 Å². The highest BCUT2D eigenvalue weighted by molar-refractivity contribution is 5.29. The van der Waals surface area contributed by atoms with Crippen LogP contribution in [-0.4, -0.2) is 123 Å². The molecular weight excluding hydrogens is 660 g/mol. The second kappa shape index (κ2) is 13.2. The number of aliphatic hydroxyl groups is 6. The van der Waals surface area contributed by atoms with Gasteiger partial charge in [-0.15, -0.1) is 0 Å². The molecule has 7 fully saturated rings. The van der Waals surface area contributed by atoms with Gasteiger partial charge in [-0.2, -0.15) is 0 Å². The SMILES string of the molecule is CC1CC[C@@]2(OC1)O[C@H]1C[C@H]3[C@@H]4CC=C5CC(O)CC(OC6OC(C)C(O)C(O)C6OC6OC(C)C(O)C(O)C6O)[C@]5(C)[C@H]4CC[C@]3(C)[C@H]1C2C. The summed E-state index contributed by atoms with van der Waals surface area (Å²) in [6, 6.07) is 0. The van der Waals surface area contributed by atoms with E-state index in [2.05, 4.69) is 33.8 Å². The quantitative estimate of drug-likeness (QED) is 0.234. The van der Waals surface area contributed by atoms with Crippen molar-refractivity contribution in [2.24, 2.45) is 46.3 Å². The first kappa shape index (κ1) is 37.2. The van der Waals surface area contributed by atoms with Gasteiger partial charge >= 0.3 is 0 Å². The molecule has 12 nitrogen and oxygen atoms in total. The van der Waals surface area contributed by atoms with Crippen LogP contribution in [0.4, 0.5) is 0 Å². The smallest absolute Gasteiger partial charge is 0.187 e. The van der Waals surface area contributed by atoms with Crippen molar-refractivity contribution in [2.75, 3.05) is 6.61 Å². The molecule has 1 spiro atoms. The molecule has 22 atom stereocenters. The van der Waals surface area contributed by atoms with Crippen LogP contribution in [0.2, 0.25) is 0 Å². The van der Waals surface area contributed by atoms with Crippen LogP contribution in [0.25, 0.3) is 0 Å². The van der Waals surface area contributed by atoms with Gasteiger partial charge in [0.2, 0.25) is 0 Å². The molecule has 0 aromatic carbocycles. The lowest BCUT2D eigenvalue weighted by Gasteiger charge is -2.60. The number of aliphatic hydroxyl groups excluding tert-OH is 6. The minimum Gasteiger partial charge on any atom is -0.393 e. The third-order valence-corrected chi connectivity index (χ3v) is 15.6. The van der Waals surface area contributed by atoms with E-state index >= 15 is 0 Å². The molecule has 8 rings (SSSR count). The molecule has 4 saturated heterocycles. The number of fused-ring (bicyclic) bond motifs is 7. The van der Waals surface area contributed by atoms with Crippen molar-refractivity contribution in [1.82, 2.24) is 0 Å². The number of rotatable bonds is 4. The van der Waals surface area contributed by atoms with Gasteiger partial charge in [0.15, 0.2) is 18.4 Å². The van der Waals surface area contributed by atoms with Crippen molar-refractivity contribution in [2.45, 2.75) is 178 Å². The Balaban J connectivity index is 1.05. The third kappa shape index (κ3) is 5.67. The minimum absolute atomic E-state index is 0.130. The lowest BCUT2D eigenvalue weighted by atomic mass is 9.46. The lowest BCUT2D eigenvalue weighted by Crippen LogP contribution is -2.64. The lowest BCUT2D eigenvalue weighted by molar-refractivity contribution is -0.371. The van der Waals surface area contributed by atoms with Crippen molar-refractivity contribution >= 4 is 0 Å². The normalized spacial score (nSPS) is 59.8. The summed E-state index contributed by atoms with van der Waals surface area (Å²) in [7, 11) is 0. The zero-order valence-electron chi connectivity index (χ0n) is 31.0. The molecule has 6 N–H and O–H groups in total. The van der Waals surface area contributed by atoms with Crippen LogP contribution >= 0.6 is 0 Å². The van der Waals surface area contributed by atoms with Crippen LogP contribution in [-0.2, 0) is 28.4 Å². The van der Waals surface area contributed by atoms with Crippen LogP contribution in [0.3, 0.4) is 0 Å². The Morgan fingerprint density at radius 2 is 1.47 bits per heavy atom. The van der Waals surface area contributed by atoms with E-state index in [0.717, 1.165) is 45.1 Å². The summed E-state index contributed by atoms with van der Waals surface area (Å²) < 4.78 is 38.4. The van der Waals surface area contributed by atoms with Gasteiger partial charge in [0.1, 0.15) is 36.6 Å². The van der Waals surface area contributed by atoms with Gasteiger partial charge in [-0.1, -0.05) is 39.3 Å². The number of hydrogen-bond donors (Lipinski definition) is 6. The Bertz CT molecular complexity index is 1320. The second-order valence-electron chi connectivity index (χ2n) is 18.3. The summed E-state index contributed by atoms with van der Waals surface area (Å²) in [6.07, 6.45) is -4.22. The molecule has 12 heteroatoms. The Labute approximate surface area is 301 Å². The summed E-state index contributed by atoms with van der Waals surface area (Å²) in [6.45, 7) is 13.4. The summed E-state index contributed by atoms with van der Waals surface area (Å²) >= 11 is 0. The van der Waals surface area contributed by atoms with Crippen LogP contribution in [0.5, 0.6) is 0 Å². The zero-order valence-corrected chi connectivity index (χ0v) is 31.0. The number of ether oxygens (including phenoxy) is 6. The van der Waals surface area contributed by atoms with Crippen molar-refractivity contribution < 1.29 is 59.1 Å². The maximum atomic E-state index is 11.3. The van der Waals surface area contributed by atoms with Crippen LogP contribution in [0.15, 0.2) is 11.6 Å². The molecule has 4 heterocycles. The van der Waals surface area contributed by atoms with Gasteiger partial charge < -0.3 is 59.1 Å². The van der Waals surface area contributed by atoms with Crippen LogP contribution in [0.1, 0.15) is 92.9 Å². The van der Waals surface area contributed by atoms with E-state index in [0.29, 0.717) is 48.3 Å². The van der Waals surface area contributed by atoms with E-state index in [4.69, 9.17) is 28.4 Å². The monoisotopic (exact) mass is 722 g/mol. The molecule has 0 radical (unpaired) electrons. The maximum absolute atomic E-state index is 11.3. The van der Waals surface area contributed by atoms with Crippen molar-refractivity contribution in [3.63, 3.8) is 0 Å². The topological polar surface area (TPSA) is 177 Å². The Morgan fingerprint density at radius 3 is 2.18 bits per heavy atom. The summed E-state index contributed by atoms with van der Waals surface area (Å²) in [4.78, 5) is 0. The van der Waals surface area contributed by atoms with Crippen molar-refractivity contribution in [3.8, 4) is 0 Å². The molecule has 0 aromatic rings. The standard InChI is InChI=1S/C39H62O12/c1-17-9-12-39(46-16-17)18(2)28-26(51-39)15-25-23-8-7-21-13-22(40)14-27(38(21,6)24(23)10-11-37(25,28)5)49-36-34(32(44)30(42)20(4)48-36)50-35-33(45)31(43)29(41)19(3)47-35/h7,17-20,22-36,40-45H,8-16H2,1-6H3/t17?,18?,19?,20?,22?,23-,24+,25+,26+,27?,28+,29?,30?,31?,32?,33?,34?,35?,36?,37+,38+,39-/m1/s1. The highest BCUT2D eigenvalue weighted by Crippen LogP contribution is 2.71. The summed E-state index contributed by atoms with van der Waals surface area (Å²) in [5.74, 6) is 2.06. The van der Waals surface area contributed by atoms with Gasteiger partial charge in [-0.3, -0.25) is 0 Å². The molecule has 0 aromatic heterocycles. The first-order valence-corrected chi connectivity index (χ1v) is 19.8. The van der Waals surface area contributed by atoms with Crippen LogP contribution < -0.4 is 0 Å². The van der Waals surface area contributed by atoms with E-state index in [1.165, 1.54) is 5.57 Å². The zero-order chi connectivity index (χ0) is 36.4. The summed E-state index contributed by atoms with van der Waals surface area (Å²) in [5, 5.41) is 64.8. The molecule has 3 saturated carbocycles. The Hall–Kier alpha value is -0.740. The number of hydrogen-bond acceptors (Lipinski definition) is 12. The fourth-order valence-corrected chi connectivity index (χ4v) is 12.6. The largest absolute Gasteiger partial charge is 0.393 e. The minimum atomic E-state index is -1.61. The molecule has 8 aliphatic rings. The Morgan fingerprint density at radius 1 is 0.765 bits per heavy atom. The second-order valence-corrected chi connectivity index (χ2v) is 18.3. The fraction of sp³-hybridized carbons (Fsp3) is 0.949.